The van der Waals surface area contributed by atoms with Crippen molar-refractivity contribution in [3.05, 3.63) is 34.1 Å². The van der Waals surface area contributed by atoms with Gasteiger partial charge in [-0.2, -0.15) is 0 Å². The lowest BCUT2D eigenvalue weighted by molar-refractivity contribution is -0.120. The van der Waals surface area contributed by atoms with Crippen molar-refractivity contribution in [1.82, 2.24) is 9.88 Å². The van der Waals surface area contributed by atoms with E-state index < -0.39 is 0 Å². The molecule has 0 aromatic carbocycles. The molecular formula is C11H12N2O2S. The summed E-state index contributed by atoms with van der Waals surface area (Å²) in [5, 5.41) is 5.16. The van der Waals surface area contributed by atoms with E-state index in [2.05, 4.69) is 5.32 Å². The zero-order valence-corrected chi connectivity index (χ0v) is 9.71. The maximum Gasteiger partial charge on any atom is 0.259 e. The molecule has 0 atom stereocenters. The first-order chi connectivity index (χ1) is 7.72. The van der Waals surface area contributed by atoms with Gasteiger partial charge in [-0.3, -0.25) is 9.59 Å². The molecule has 4 nitrogen and oxygen atoms in total. The summed E-state index contributed by atoms with van der Waals surface area (Å²) in [6.45, 7) is 0.421. The highest BCUT2D eigenvalue weighted by Crippen LogP contribution is 2.16. The van der Waals surface area contributed by atoms with Crippen molar-refractivity contribution in [1.29, 1.82) is 0 Å². The first kappa shape index (κ1) is 10.9. The molecule has 0 spiro atoms. The van der Waals surface area contributed by atoms with Crippen molar-refractivity contribution in [2.75, 3.05) is 7.05 Å². The van der Waals surface area contributed by atoms with Crippen molar-refractivity contribution in [2.24, 2.45) is 0 Å². The average Bonchev–Trinajstić information content (AvgIpc) is 2.76. The highest BCUT2D eigenvalue weighted by atomic mass is 32.1. The van der Waals surface area contributed by atoms with Gasteiger partial charge in [-0.05, 0) is 17.5 Å². The van der Waals surface area contributed by atoms with Gasteiger partial charge in [0.05, 0.1) is 5.39 Å². The zero-order chi connectivity index (χ0) is 11.5. The molecule has 0 fully saturated rings. The Labute approximate surface area is 96.5 Å². The predicted octanol–water partition coefficient (Wildman–Crippen LogP) is 1.20. The molecule has 1 N–H and O–H groups in total. The summed E-state index contributed by atoms with van der Waals surface area (Å²) in [5.74, 6) is -0.0580. The lowest BCUT2D eigenvalue weighted by atomic mass is 10.3. The SMILES string of the molecule is CNC(=O)CCn1ccc2sccc2c1=O. The third kappa shape index (κ3) is 1.99. The van der Waals surface area contributed by atoms with E-state index in [-0.39, 0.29) is 11.5 Å². The molecule has 5 heteroatoms. The molecule has 84 valence electrons. The molecule has 2 aromatic heterocycles. The minimum absolute atomic E-state index is 0.0253. The highest BCUT2D eigenvalue weighted by molar-refractivity contribution is 7.17. The number of thiophene rings is 1. The number of fused-ring (bicyclic) bond motifs is 1. The first-order valence-electron chi connectivity index (χ1n) is 4.99. The molecule has 1 amide bonds. The van der Waals surface area contributed by atoms with Gasteiger partial charge in [-0.1, -0.05) is 0 Å². The van der Waals surface area contributed by atoms with Gasteiger partial charge in [0.2, 0.25) is 5.91 Å². The summed E-state index contributed by atoms with van der Waals surface area (Å²) in [5.41, 5.74) is -0.0253. The molecule has 0 aliphatic rings. The molecule has 16 heavy (non-hydrogen) atoms. The number of aromatic nitrogens is 1. The molecule has 2 rings (SSSR count). The molecular weight excluding hydrogens is 224 g/mol. The van der Waals surface area contributed by atoms with E-state index in [0.29, 0.717) is 13.0 Å². The van der Waals surface area contributed by atoms with Crippen molar-refractivity contribution in [2.45, 2.75) is 13.0 Å². The van der Waals surface area contributed by atoms with Crippen LogP contribution in [0.4, 0.5) is 0 Å². The molecule has 0 aliphatic heterocycles. The van der Waals surface area contributed by atoms with Gasteiger partial charge in [-0.15, -0.1) is 11.3 Å². The van der Waals surface area contributed by atoms with Gasteiger partial charge >= 0.3 is 0 Å². The maximum absolute atomic E-state index is 11.9. The molecule has 2 heterocycles. The van der Waals surface area contributed by atoms with Gasteiger partial charge in [-0.25, -0.2) is 0 Å². The lowest BCUT2D eigenvalue weighted by Crippen LogP contribution is -2.24. The predicted molar refractivity (Wildman–Crippen MR) is 64.8 cm³/mol. The van der Waals surface area contributed by atoms with Crippen LogP contribution in [-0.4, -0.2) is 17.5 Å². The van der Waals surface area contributed by atoms with Crippen LogP contribution in [0.25, 0.3) is 10.1 Å². The molecule has 0 saturated carbocycles. The highest BCUT2D eigenvalue weighted by Gasteiger charge is 2.04. The van der Waals surface area contributed by atoms with Crippen LogP contribution in [0.5, 0.6) is 0 Å². The van der Waals surface area contributed by atoms with Crippen molar-refractivity contribution < 1.29 is 4.79 Å². The lowest BCUT2D eigenvalue weighted by Gasteiger charge is -2.04. The number of nitrogens with one attached hydrogen (secondary N) is 1. The van der Waals surface area contributed by atoms with Crippen LogP contribution in [-0.2, 0) is 11.3 Å². The van der Waals surface area contributed by atoms with Gasteiger partial charge in [0, 0.05) is 30.9 Å². The number of carbonyl (C=O) groups is 1. The fourth-order valence-corrected chi connectivity index (χ4v) is 2.30. The number of nitrogens with zero attached hydrogens (tertiary/aromatic N) is 1. The number of rotatable bonds is 3. The van der Waals surface area contributed by atoms with Gasteiger partial charge < -0.3 is 9.88 Å². The van der Waals surface area contributed by atoms with E-state index in [9.17, 15) is 9.59 Å². The molecule has 0 bridgehead atoms. The first-order valence-corrected chi connectivity index (χ1v) is 5.87. The Kier molecular flexibility index (Phi) is 3.05. The number of carbonyl (C=O) groups excluding carboxylic acids is 1. The van der Waals surface area contributed by atoms with E-state index in [1.54, 1.807) is 29.1 Å². The quantitative estimate of drug-likeness (QED) is 0.870. The van der Waals surface area contributed by atoms with Crippen LogP contribution in [0.3, 0.4) is 0 Å². The fraction of sp³-hybridized carbons (Fsp3) is 0.273. The number of hydrogen-bond acceptors (Lipinski definition) is 3. The summed E-state index contributed by atoms with van der Waals surface area (Å²) >= 11 is 1.55. The average molecular weight is 236 g/mol. The topological polar surface area (TPSA) is 51.1 Å². The summed E-state index contributed by atoms with van der Waals surface area (Å²) < 4.78 is 2.56. The molecule has 0 saturated heterocycles. The standard InChI is InChI=1S/C11H12N2O2S/c1-12-10(14)3-6-13-5-2-9-8(11(13)15)4-7-16-9/h2,4-5,7H,3,6H2,1H3,(H,12,14). The minimum atomic E-state index is -0.0580. The second-order valence-corrected chi connectivity index (χ2v) is 4.38. The number of pyridine rings is 1. The van der Waals surface area contributed by atoms with Gasteiger partial charge in [0.15, 0.2) is 0 Å². The summed E-state index contributed by atoms with van der Waals surface area (Å²) in [4.78, 5) is 23.0. The number of hydrogen-bond donors (Lipinski definition) is 1. The molecule has 2 aromatic rings. The second kappa shape index (κ2) is 4.49. The fourth-order valence-electron chi connectivity index (χ4n) is 1.53. The summed E-state index contributed by atoms with van der Waals surface area (Å²) in [6, 6.07) is 3.73. The summed E-state index contributed by atoms with van der Waals surface area (Å²) in [6.07, 6.45) is 2.07. The Balaban J connectivity index is 2.28. The number of aryl methyl sites for hydroxylation is 1. The van der Waals surface area contributed by atoms with E-state index in [0.717, 1.165) is 10.1 Å². The minimum Gasteiger partial charge on any atom is -0.359 e. The van der Waals surface area contributed by atoms with E-state index >= 15 is 0 Å². The molecule has 0 aliphatic carbocycles. The molecule has 0 radical (unpaired) electrons. The number of amides is 1. The Morgan fingerprint density at radius 1 is 1.50 bits per heavy atom. The van der Waals surface area contributed by atoms with Crippen molar-refractivity contribution in [3.63, 3.8) is 0 Å². The van der Waals surface area contributed by atoms with Crippen LogP contribution >= 0.6 is 11.3 Å². The van der Waals surface area contributed by atoms with Crippen LogP contribution in [0.2, 0.25) is 0 Å². The Bertz CT molecular complexity index is 571. The zero-order valence-electron chi connectivity index (χ0n) is 8.90. The van der Waals surface area contributed by atoms with Crippen molar-refractivity contribution in [3.8, 4) is 0 Å². The third-order valence-electron chi connectivity index (χ3n) is 2.45. The van der Waals surface area contributed by atoms with Crippen LogP contribution < -0.4 is 10.9 Å². The molecule has 0 unspecified atom stereocenters. The van der Waals surface area contributed by atoms with Crippen LogP contribution in [0.15, 0.2) is 28.5 Å². The van der Waals surface area contributed by atoms with Crippen LogP contribution in [0, 0.1) is 0 Å². The van der Waals surface area contributed by atoms with E-state index in [4.69, 9.17) is 0 Å². The van der Waals surface area contributed by atoms with Gasteiger partial charge in [0.1, 0.15) is 0 Å². The van der Waals surface area contributed by atoms with Crippen molar-refractivity contribution >= 4 is 27.3 Å². The van der Waals surface area contributed by atoms with Gasteiger partial charge in [0.25, 0.3) is 5.56 Å². The normalized spacial score (nSPS) is 10.6. The second-order valence-electron chi connectivity index (χ2n) is 3.44. The Morgan fingerprint density at radius 2 is 2.31 bits per heavy atom. The Hall–Kier alpha value is -1.62. The third-order valence-corrected chi connectivity index (χ3v) is 3.33. The van der Waals surface area contributed by atoms with Crippen LogP contribution in [0.1, 0.15) is 6.42 Å². The van der Waals surface area contributed by atoms with E-state index in [1.165, 1.54) is 0 Å². The maximum atomic E-state index is 11.9. The smallest absolute Gasteiger partial charge is 0.259 e. The Morgan fingerprint density at radius 3 is 3.06 bits per heavy atom. The largest absolute Gasteiger partial charge is 0.359 e. The monoisotopic (exact) mass is 236 g/mol. The summed E-state index contributed by atoms with van der Waals surface area (Å²) in [7, 11) is 1.59. The van der Waals surface area contributed by atoms with E-state index in [1.807, 2.05) is 17.5 Å².